The van der Waals surface area contributed by atoms with Gasteiger partial charge in [0.15, 0.2) is 0 Å². The topological polar surface area (TPSA) is 24.5 Å². The number of nitrogens with one attached hydrogen (secondary N) is 1. The lowest BCUT2D eigenvalue weighted by Crippen LogP contribution is -2.45. The third kappa shape index (κ3) is 4.71. The van der Waals surface area contributed by atoms with Crippen LogP contribution >= 0.6 is 22.9 Å². The highest BCUT2D eigenvalue weighted by Gasteiger charge is 2.25. The summed E-state index contributed by atoms with van der Waals surface area (Å²) in [6, 6.07) is 23.1. The van der Waals surface area contributed by atoms with Crippen molar-refractivity contribution < 1.29 is 4.74 Å². The number of halogens is 1. The molecule has 1 N–H and O–H groups in total. The van der Waals surface area contributed by atoms with Gasteiger partial charge in [0.1, 0.15) is 12.4 Å². The van der Waals surface area contributed by atoms with E-state index < -0.39 is 0 Å². The van der Waals surface area contributed by atoms with Crippen molar-refractivity contribution in [1.82, 2.24) is 10.2 Å². The van der Waals surface area contributed by atoms with Gasteiger partial charge < -0.3 is 10.1 Å². The molecule has 3 nitrogen and oxygen atoms in total. The number of hydrogen-bond acceptors (Lipinski definition) is 4. The Balaban J connectivity index is 1.58. The van der Waals surface area contributed by atoms with Crippen molar-refractivity contribution in [3.05, 3.63) is 87.1 Å². The minimum absolute atomic E-state index is 0.213. The normalized spacial score (nSPS) is 16.2. The number of ether oxygens (including phenoxy) is 1. The van der Waals surface area contributed by atoms with E-state index in [2.05, 4.69) is 46.6 Å². The lowest BCUT2D eigenvalue weighted by molar-refractivity contribution is 0.200. The molecule has 1 fully saturated rings. The molecule has 2 heterocycles. The minimum atomic E-state index is 0.213. The van der Waals surface area contributed by atoms with E-state index in [1.165, 1.54) is 16.0 Å². The number of nitrogens with zero attached hydrogens (tertiary/aromatic N) is 1. The fourth-order valence-corrected chi connectivity index (χ4v) is 4.71. The van der Waals surface area contributed by atoms with Crippen LogP contribution in [-0.2, 0) is 6.61 Å². The Morgan fingerprint density at radius 2 is 1.81 bits per heavy atom. The zero-order valence-corrected chi connectivity index (χ0v) is 16.7. The first-order valence-electron chi connectivity index (χ1n) is 9.26. The summed E-state index contributed by atoms with van der Waals surface area (Å²) >= 11 is 7.91. The summed E-state index contributed by atoms with van der Waals surface area (Å²) in [7, 11) is 0. The van der Waals surface area contributed by atoms with Gasteiger partial charge in [0.05, 0.1) is 10.4 Å². The van der Waals surface area contributed by atoms with E-state index in [1.807, 2.05) is 30.3 Å². The van der Waals surface area contributed by atoms with Crippen LogP contribution in [0.1, 0.15) is 22.0 Å². The molecule has 5 heteroatoms. The molecule has 4 rings (SSSR count). The highest BCUT2D eigenvalue weighted by atomic mass is 35.5. The molecule has 0 saturated carbocycles. The van der Waals surface area contributed by atoms with Crippen molar-refractivity contribution in [1.29, 1.82) is 0 Å². The summed E-state index contributed by atoms with van der Waals surface area (Å²) in [5.74, 6) is 0.902. The quantitative estimate of drug-likeness (QED) is 0.634. The van der Waals surface area contributed by atoms with Crippen molar-refractivity contribution in [2.45, 2.75) is 12.6 Å². The maximum Gasteiger partial charge on any atom is 0.120 e. The molecule has 0 bridgehead atoms. The van der Waals surface area contributed by atoms with Crippen molar-refractivity contribution >= 4 is 22.9 Å². The first-order valence-corrected chi connectivity index (χ1v) is 10.5. The Kier molecular flexibility index (Phi) is 6.10. The highest BCUT2D eigenvalue weighted by Crippen LogP contribution is 2.36. The fraction of sp³-hybridized carbons (Fsp3) is 0.273. The SMILES string of the molecule is Clc1ccc(C(c2cccc(OCc3ccccc3)c2)N2CCNCC2)s1. The van der Waals surface area contributed by atoms with Crippen LogP contribution in [0.2, 0.25) is 4.34 Å². The van der Waals surface area contributed by atoms with Gasteiger partial charge in [0.25, 0.3) is 0 Å². The lowest BCUT2D eigenvalue weighted by Gasteiger charge is -2.34. The second kappa shape index (κ2) is 8.89. The summed E-state index contributed by atoms with van der Waals surface area (Å²) in [5.41, 5.74) is 2.42. The Morgan fingerprint density at radius 3 is 2.56 bits per heavy atom. The molecule has 1 unspecified atom stereocenters. The second-order valence-corrected chi connectivity index (χ2v) is 8.42. The molecule has 1 aliphatic heterocycles. The second-order valence-electron chi connectivity index (χ2n) is 6.68. The molecule has 0 radical (unpaired) electrons. The number of benzene rings is 2. The van der Waals surface area contributed by atoms with Crippen LogP contribution < -0.4 is 10.1 Å². The molecule has 0 spiro atoms. The number of thiophene rings is 1. The van der Waals surface area contributed by atoms with Crippen LogP contribution in [0.15, 0.2) is 66.7 Å². The monoisotopic (exact) mass is 398 g/mol. The highest BCUT2D eigenvalue weighted by molar-refractivity contribution is 7.16. The summed E-state index contributed by atoms with van der Waals surface area (Å²) in [4.78, 5) is 3.80. The van der Waals surface area contributed by atoms with Crippen LogP contribution in [0.25, 0.3) is 0 Å². The molecule has 3 aromatic rings. The standard InChI is InChI=1S/C22H23ClN2OS/c23-21-10-9-20(27-21)22(25-13-11-24-12-14-25)18-7-4-8-19(15-18)26-16-17-5-2-1-3-6-17/h1-10,15,22,24H,11-14,16H2. The Labute approximate surface area is 169 Å². The third-order valence-corrected chi connectivity index (χ3v) is 6.09. The van der Waals surface area contributed by atoms with E-state index in [0.29, 0.717) is 6.61 Å². The Hall–Kier alpha value is -1.85. The van der Waals surface area contributed by atoms with Crippen molar-refractivity contribution in [2.75, 3.05) is 26.2 Å². The maximum absolute atomic E-state index is 6.24. The van der Waals surface area contributed by atoms with Crippen molar-refractivity contribution in [3.8, 4) is 5.75 Å². The van der Waals surface area contributed by atoms with E-state index in [0.717, 1.165) is 36.3 Å². The molecule has 2 aromatic carbocycles. The Morgan fingerprint density at radius 1 is 1.00 bits per heavy atom. The molecular formula is C22H23ClN2OS. The number of piperazine rings is 1. The zero-order chi connectivity index (χ0) is 18.5. The molecule has 1 aromatic heterocycles. The summed E-state index contributed by atoms with van der Waals surface area (Å²) < 4.78 is 6.89. The average molecular weight is 399 g/mol. The van der Waals surface area contributed by atoms with Gasteiger partial charge in [-0.2, -0.15) is 0 Å². The van der Waals surface area contributed by atoms with E-state index in [1.54, 1.807) is 11.3 Å². The lowest BCUT2D eigenvalue weighted by atomic mass is 10.0. The molecular weight excluding hydrogens is 376 g/mol. The van der Waals surface area contributed by atoms with Crippen LogP contribution in [0.4, 0.5) is 0 Å². The maximum atomic E-state index is 6.24. The minimum Gasteiger partial charge on any atom is -0.489 e. The zero-order valence-electron chi connectivity index (χ0n) is 15.1. The molecule has 1 saturated heterocycles. The number of hydrogen-bond donors (Lipinski definition) is 1. The van der Waals surface area contributed by atoms with Crippen molar-refractivity contribution in [2.24, 2.45) is 0 Å². The van der Waals surface area contributed by atoms with E-state index in [9.17, 15) is 0 Å². The molecule has 140 valence electrons. The van der Waals surface area contributed by atoms with E-state index >= 15 is 0 Å². The van der Waals surface area contributed by atoms with Crippen LogP contribution in [0.5, 0.6) is 5.75 Å². The molecule has 1 atom stereocenters. The van der Waals surface area contributed by atoms with Gasteiger partial charge in [-0.3, -0.25) is 4.90 Å². The predicted molar refractivity (Wildman–Crippen MR) is 113 cm³/mol. The largest absolute Gasteiger partial charge is 0.489 e. The fourth-order valence-electron chi connectivity index (χ4n) is 3.49. The van der Waals surface area contributed by atoms with Crippen molar-refractivity contribution in [3.63, 3.8) is 0 Å². The third-order valence-electron chi connectivity index (χ3n) is 4.80. The van der Waals surface area contributed by atoms with Crippen LogP contribution in [-0.4, -0.2) is 31.1 Å². The molecule has 0 amide bonds. The van der Waals surface area contributed by atoms with Gasteiger partial charge in [0.2, 0.25) is 0 Å². The first kappa shape index (κ1) is 18.5. The smallest absolute Gasteiger partial charge is 0.120 e. The number of rotatable bonds is 6. The first-order chi connectivity index (χ1) is 13.3. The molecule has 1 aliphatic rings. The van der Waals surface area contributed by atoms with Gasteiger partial charge >= 0.3 is 0 Å². The summed E-state index contributed by atoms with van der Waals surface area (Å²) in [6.45, 7) is 4.65. The van der Waals surface area contributed by atoms with Crippen LogP contribution in [0, 0.1) is 0 Å². The van der Waals surface area contributed by atoms with Gasteiger partial charge in [0, 0.05) is 31.1 Å². The van der Waals surface area contributed by atoms with Gasteiger partial charge in [-0.25, -0.2) is 0 Å². The predicted octanol–water partition coefficient (Wildman–Crippen LogP) is 4.98. The van der Waals surface area contributed by atoms with Crippen LogP contribution in [0.3, 0.4) is 0 Å². The Bertz CT molecular complexity index is 862. The van der Waals surface area contributed by atoms with Gasteiger partial charge in [-0.1, -0.05) is 54.1 Å². The van der Waals surface area contributed by atoms with E-state index in [4.69, 9.17) is 16.3 Å². The van der Waals surface area contributed by atoms with E-state index in [-0.39, 0.29) is 6.04 Å². The molecule has 27 heavy (non-hydrogen) atoms. The van der Waals surface area contributed by atoms with Gasteiger partial charge in [-0.15, -0.1) is 11.3 Å². The average Bonchev–Trinajstić information content (AvgIpc) is 3.14. The summed E-state index contributed by atoms with van der Waals surface area (Å²) in [6.07, 6.45) is 0. The van der Waals surface area contributed by atoms with Gasteiger partial charge in [-0.05, 0) is 35.4 Å². The molecule has 0 aliphatic carbocycles. The summed E-state index contributed by atoms with van der Waals surface area (Å²) in [5, 5.41) is 3.44.